The number of benzene rings is 6. The average Bonchev–Trinajstić information content (AvgIpc) is 3.21. The van der Waals surface area contributed by atoms with Crippen molar-refractivity contribution >= 4 is 34.5 Å². The molecule has 0 saturated carbocycles. The first-order valence-electron chi connectivity index (χ1n) is 20.1. The highest BCUT2D eigenvalue weighted by Gasteiger charge is 2.50. The lowest BCUT2D eigenvalue weighted by molar-refractivity contribution is 0.480. The summed E-state index contributed by atoms with van der Waals surface area (Å²) < 4.78 is 0. The van der Waals surface area contributed by atoms with Crippen molar-refractivity contribution in [2.45, 2.75) is 83.0 Å². The normalized spacial score (nSPS) is 18.8. The van der Waals surface area contributed by atoms with E-state index >= 15 is 0 Å². The number of fused-ring (bicyclic) bond motifs is 5. The van der Waals surface area contributed by atoms with Crippen LogP contribution in [0.1, 0.15) is 106 Å². The summed E-state index contributed by atoms with van der Waals surface area (Å²) in [5, 5.41) is 0. The van der Waals surface area contributed by atoms with Crippen molar-refractivity contribution < 1.29 is 0 Å². The van der Waals surface area contributed by atoms with Crippen molar-refractivity contribution in [3.05, 3.63) is 184 Å². The van der Waals surface area contributed by atoms with E-state index in [1.165, 1.54) is 79.8 Å². The topological polar surface area (TPSA) is 3.24 Å². The first-order valence-corrected chi connectivity index (χ1v) is 20.1. The minimum Gasteiger partial charge on any atom is -0.314 e. The molecule has 4 aliphatic rings. The fourth-order valence-corrected chi connectivity index (χ4v) is 11.2. The molecule has 0 amide bonds. The maximum absolute atomic E-state index is 2.64. The minimum absolute atomic E-state index is 0.000210. The smallest absolute Gasteiger partial charge is 0.242 e. The van der Waals surface area contributed by atoms with Crippen LogP contribution in [0.5, 0.6) is 0 Å². The van der Waals surface area contributed by atoms with Gasteiger partial charge in [-0.25, -0.2) is 0 Å². The Morgan fingerprint density at radius 1 is 0.604 bits per heavy atom. The molecule has 3 aliphatic heterocycles. The van der Waals surface area contributed by atoms with Crippen molar-refractivity contribution in [1.82, 2.24) is 0 Å². The van der Waals surface area contributed by atoms with E-state index in [0.29, 0.717) is 0 Å². The summed E-state index contributed by atoms with van der Waals surface area (Å²) >= 11 is 0. The molecule has 0 fully saturated rings. The number of para-hydroxylation sites is 2. The molecule has 0 radical (unpaired) electrons. The molecular formula is C51H48BN. The van der Waals surface area contributed by atoms with Gasteiger partial charge in [0.1, 0.15) is 0 Å². The molecule has 6 aromatic carbocycles. The Labute approximate surface area is 316 Å². The second-order valence-corrected chi connectivity index (χ2v) is 16.5. The van der Waals surface area contributed by atoms with Crippen LogP contribution in [0.15, 0.2) is 151 Å². The lowest BCUT2D eigenvalue weighted by Crippen LogP contribution is -2.67. The van der Waals surface area contributed by atoms with Crippen molar-refractivity contribution in [1.29, 1.82) is 0 Å². The molecule has 1 nitrogen and oxygen atoms in total. The molecule has 3 heterocycles. The lowest BCUT2D eigenvalue weighted by Gasteiger charge is -2.49. The van der Waals surface area contributed by atoms with E-state index in [9.17, 15) is 0 Å². The number of hydrogen-bond acceptors (Lipinski definition) is 1. The van der Waals surface area contributed by atoms with Crippen LogP contribution in [0.25, 0.3) is 11.1 Å². The van der Waals surface area contributed by atoms with E-state index in [1.807, 2.05) is 0 Å². The molecule has 0 N–H and O–H groups in total. The van der Waals surface area contributed by atoms with Gasteiger partial charge in [0.2, 0.25) is 6.71 Å². The second kappa shape index (κ2) is 12.2. The fraction of sp³-hybridized carbons (Fsp3) is 0.255. The molecule has 6 aromatic rings. The van der Waals surface area contributed by atoms with E-state index in [0.717, 1.165) is 25.7 Å². The third-order valence-corrected chi connectivity index (χ3v) is 13.8. The standard InChI is InChI=1S/C51H48BN/c1-5-51(6-2)40-30-28-35(34-18-9-7-10-19-34)33-45(40)52-44-31-29-36(32-43(44)50(3,4)41-24-17-25-42(51)49(41)52)48-38-22-13-15-26-46(38)53(37-20-11-8-12-21-37)47-27-16-14-23-39(47)48/h7-13,15,17-22,24-26,28-33,48H,5-6,14,16,23,27H2,1-4H3. The summed E-state index contributed by atoms with van der Waals surface area (Å²) in [6.07, 6.45) is 6.96. The molecule has 10 rings (SSSR count). The van der Waals surface area contributed by atoms with Crippen LogP contribution in [-0.4, -0.2) is 6.71 Å². The van der Waals surface area contributed by atoms with Crippen LogP contribution in [0.4, 0.5) is 11.4 Å². The van der Waals surface area contributed by atoms with E-state index in [1.54, 1.807) is 16.6 Å². The van der Waals surface area contributed by atoms with Gasteiger partial charge in [-0.3, -0.25) is 0 Å². The first kappa shape index (κ1) is 32.6. The zero-order valence-corrected chi connectivity index (χ0v) is 31.6. The quantitative estimate of drug-likeness (QED) is 0.163. The Morgan fingerprint density at radius 3 is 2.11 bits per heavy atom. The highest BCUT2D eigenvalue weighted by Crippen LogP contribution is 2.52. The third kappa shape index (κ3) is 4.64. The Kier molecular flexibility index (Phi) is 7.52. The average molecular weight is 686 g/mol. The zero-order chi connectivity index (χ0) is 35.9. The van der Waals surface area contributed by atoms with Gasteiger partial charge in [-0.05, 0) is 107 Å². The van der Waals surface area contributed by atoms with Gasteiger partial charge in [-0.2, -0.15) is 0 Å². The third-order valence-electron chi connectivity index (χ3n) is 13.8. The van der Waals surface area contributed by atoms with Gasteiger partial charge in [0, 0.05) is 33.8 Å². The van der Waals surface area contributed by atoms with Crippen LogP contribution in [0.2, 0.25) is 0 Å². The number of allylic oxidation sites excluding steroid dienone is 2. The van der Waals surface area contributed by atoms with Crippen molar-refractivity contribution in [2.24, 2.45) is 0 Å². The summed E-state index contributed by atoms with van der Waals surface area (Å²) in [5.74, 6) is 0.256. The first-order chi connectivity index (χ1) is 26.0. The largest absolute Gasteiger partial charge is 0.314 e. The predicted octanol–water partition coefficient (Wildman–Crippen LogP) is 11.0. The lowest BCUT2D eigenvalue weighted by atomic mass is 9.27. The van der Waals surface area contributed by atoms with Crippen LogP contribution < -0.4 is 21.3 Å². The molecule has 1 unspecified atom stereocenters. The van der Waals surface area contributed by atoms with E-state index in [2.05, 4.69) is 172 Å². The Morgan fingerprint density at radius 2 is 1.32 bits per heavy atom. The van der Waals surface area contributed by atoms with Gasteiger partial charge in [0.05, 0.1) is 0 Å². The number of hydrogen-bond donors (Lipinski definition) is 0. The molecule has 1 aliphatic carbocycles. The molecule has 0 bridgehead atoms. The summed E-state index contributed by atoms with van der Waals surface area (Å²) in [4.78, 5) is 2.58. The van der Waals surface area contributed by atoms with Gasteiger partial charge in [-0.15, -0.1) is 0 Å². The summed E-state index contributed by atoms with van der Waals surface area (Å²) in [5.41, 5.74) is 21.7. The van der Waals surface area contributed by atoms with Gasteiger partial charge >= 0.3 is 0 Å². The van der Waals surface area contributed by atoms with Crippen molar-refractivity contribution in [3.8, 4) is 11.1 Å². The SMILES string of the molecule is CCC1(CC)c2ccc(-c3ccccc3)cc2B2c3ccc(C4C5=C(CCCC5)N(c5ccccc5)c5ccccc54)cc3C(C)(C)c3cccc1c32. The summed E-state index contributed by atoms with van der Waals surface area (Å²) in [7, 11) is 0. The van der Waals surface area contributed by atoms with Gasteiger partial charge in [-0.1, -0.05) is 165 Å². The molecule has 53 heavy (non-hydrogen) atoms. The Balaban J connectivity index is 1.20. The molecule has 0 saturated heterocycles. The van der Waals surface area contributed by atoms with Crippen LogP contribution >= 0.6 is 0 Å². The Bertz CT molecular complexity index is 2420. The maximum atomic E-state index is 2.64. The molecule has 1 atom stereocenters. The van der Waals surface area contributed by atoms with Crippen LogP contribution in [0.3, 0.4) is 0 Å². The maximum Gasteiger partial charge on any atom is 0.242 e. The number of nitrogens with zero attached hydrogens (tertiary/aromatic N) is 1. The van der Waals surface area contributed by atoms with Gasteiger partial charge in [0.15, 0.2) is 0 Å². The number of anilines is 2. The van der Waals surface area contributed by atoms with Crippen LogP contribution in [-0.2, 0) is 10.8 Å². The molecule has 0 aromatic heterocycles. The van der Waals surface area contributed by atoms with E-state index in [-0.39, 0.29) is 23.5 Å². The predicted molar refractivity (Wildman–Crippen MR) is 225 cm³/mol. The highest BCUT2D eigenvalue weighted by molar-refractivity contribution is 6.97. The van der Waals surface area contributed by atoms with Crippen molar-refractivity contribution in [3.63, 3.8) is 0 Å². The van der Waals surface area contributed by atoms with Crippen LogP contribution in [0, 0.1) is 0 Å². The number of rotatable bonds is 5. The molecular weight excluding hydrogens is 637 g/mol. The van der Waals surface area contributed by atoms with E-state index in [4.69, 9.17) is 0 Å². The molecule has 260 valence electrons. The zero-order valence-electron chi connectivity index (χ0n) is 31.6. The Hall–Kier alpha value is -5.08. The summed E-state index contributed by atoms with van der Waals surface area (Å²) in [6, 6.07) is 53.7. The second-order valence-electron chi connectivity index (χ2n) is 16.5. The fourth-order valence-electron chi connectivity index (χ4n) is 11.2. The minimum atomic E-state index is -0.136. The van der Waals surface area contributed by atoms with Gasteiger partial charge in [0.25, 0.3) is 0 Å². The van der Waals surface area contributed by atoms with Gasteiger partial charge < -0.3 is 4.90 Å². The highest BCUT2D eigenvalue weighted by atomic mass is 15.2. The summed E-state index contributed by atoms with van der Waals surface area (Å²) in [6.45, 7) is 10.0. The van der Waals surface area contributed by atoms with Crippen molar-refractivity contribution in [2.75, 3.05) is 4.90 Å². The van der Waals surface area contributed by atoms with E-state index < -0.39 is 0 Å². The molecule has 0 spiro atoms. The monoisotopic (exact) mass is 685 g/mol. The molecule has 2 heteroatoms.